The van der Waals surface area contributed by atoms with Gasteiger partial charge in [-0.05, 0) is 35.6 Å². The average molecular weight is 254 g/mol. The lowest BCUT2D eigenvalue weighted by molar-refractivity contribution is 0.0179. The second kappa shape index (κ2) is 5.06. The number of para-hydroxylation sites is 1. The van der Waals surface area contributed by atoms with E-state index in [9.17, 15) is 5.11 Å². The zero-order chi connectivity index (χ0) is 13.2. The van der Waals surface area contributed by atoms with Gasteiger partial charge in [-0.2, -0.15) is 0 Å². The molecular weight excluding hydrogens is 236 g/mol. The Labute approximate surface area is 113 Å². The van der Waals surface area contributed by atoms with Crippen LogP contribution in [0.15, 0.2) is 54.6 Å². The molecule has 98 valence electrons. The van der Waals surface area contributed by atoms with E-state index in [1.807, 2.05) is 48.5 Å². The van der Waals surface area contributed by atoms with Crippen LogP contribution in [0.1, 0.15) is 36.5 Å². The summed E-state index contributed by atoms with van der Waals surface area (Å²) < 4.78 is 5.94. The van der Waals surface area contributed by atoms with E-state index >= 15 is 0 Å². The molecule has 2 aromatic rings. The Balaban J connectivity index is 1.86. The van der Waals surface area contributed by atoms with Crippen molar-refractivity contribution in [2.75, 3.05) is 0 Å². The lowest BCUT2D eigenvalue weighted by Gasteiger charge is -2.34. The highest BCUT2D eigenvalue weighted by molar-refractivity contribution is 5.35. The number of rotatable bonds is 2. The largest absolute Gasteiger partial charge is 0.487 e. The summed E-state index contributed by atoms with van der Waals surface area (Å²) in [4.78, 5) is 0. The van der Waals surface area contributed by atoms with Gasteiger partial charge in [0.25, 0.3) is 0 Å². The molecule has 0 spiro atoms. The summed E-state index contributed by atoms with van der Waals surface area (Å²) in [5.74, 6) is 1.23. The fourth-order valence-electron chi connectivity index (χ4n) is 2.82. The number of ether oxygens (including phenoxy) is 1. The van der Waals surface area contributed by atoms with E-state index in [-0.39, 0.29) is 6.10 Å². The molecule has 0 saturated heterocycles. The number of hydrogen-bond donors (Lipinski definition) is 1. The van der Waals surface area contributed by atoms with Gasteiger partial charge in [-0.3, -0.25) is 0 Å². The van der Waals surface area contributed by atoms with E-state index in [0.717, 1.165) is 17.7 Å². The van der Waals surface area contributed by atoms with Crippen molar-refractivity contribution in [1.29, 1.82) is 0 Å². The molecule has 0 saturated carbocycles. The first kappa shape index (κ1) is 12.2. The van der Waals surface area contributed by atoms with Gasteiger partial charge < -0.3 is 9.84 Å². The van der Waals surface area contributed by atoms with E-state index in [2.05, 4.69) is 13.0 Å². The van der Waals surface area contributed by atoms with E-state index in [1.165, 1.54) is 5.56 Å². The SMILES string of the molecule is CC1CC(Oc2ccccc2)C(O)c2ccccc21. The molecule has 0 radical (unpaired) electrons. The molecule has 2 nitrogen and oxygen atoms in total. The Hall–Kier alpha value is -1.80. The van der Waals surface area contributed by atoms with Crippen molar-refractivity contribution in [2.45, 2.75) is 31.5 Å². The lowest BCUT2D eigenvalue weighted by Crippen LogP contribution is -2.32. The predicted molar refractivity (Wildman–Crippen MR) is 75.3 cm³/mol. The van der Waals surface area contributed by atoms with Gasteiger partial charge in [-0.1, -0.05) is 49.4 Å². The maximum absolute atomic E-state index is 10.5. The molecule has 1 aliphatic rings. The van der Waals surface area contributed by atoms with Crippen molar-refractivity contribution in [2.24, 2.45) is 0 Å². The van der Waals surface area contributed by atoms with Crippen LogP contribution in [0.25, 0.3) is 0 Å². The van der Waals surface area contributed by atoms with Crippen LogP contribution < -0.4 is 4.74 Å². The molecule has 3 atom stereocenters. The second-order valence-electron chi connectivity index (χ2n) is 5.18. The number of fused-ring (bicyclic) bond motifs is 1. The monoisotopic (exact) mass is 254 g/mol. The Kier molecular flexibility index (Phi) is 3.26. The molecule has 0 aliphatic heterocycles. The van der Waals surface area contributed by atoms with Gasteiger partial charge in [0.2, 0.25) is 0 Å². The molecule has 2 heteroatoms. The molecule has 0 fully saturated rings. The summed E-state index contributed by atoms with van der Waals surface area (Å²) in [5, 5.41) is 10.5. The van der Waals surface area contributed by atoms with Gasteiger partial charge in [0.1, 0.15) is 18.0 Å². The van der Waals surface area contributed by atoms with Crippen molar-refractivity contribution in [3.63, 3.8) is 0 Å². The number of aliphatic hydroxyl groups is 1. The zero-order valence-electron chi connectivity index (χ0n) is 11.0. The van der Waals surface area contributed by atoms with E-state index in [4.69, 9.17) is 4.74 Å². The third-order valence-electron chi connectivity index (χ3n) is 3.81. The summed E-state index contributed by atoms with van der Waals surface area (Å²) in [6.07, 6.45) is 0.118. The van der Waals surface area contributed by atoms with Crippen LogP contribution in [0.5, 0.6) is 5.75 Å². The maximum atomic E-state index is 10.5. The third kappa shape index (κ3) is 2.36. The molecule has 0 aromatic heterocycles. The Morgan fingerprint density at radius 2 is 1.58 bits per heavy atom. The highest BCUT2D eigenvalue weighted by Gasteiger charge is 2.33. The van der Waals surface area contributed by atoms with Crippen molar-refractivity contribution >= 4 is 0 Å². The van der Waals surface area contributed by atoms with Crippen LogP contribution >= 0.6 is 0 Å². The molecular formula is C17H18O2. The number of hydrogen-bond acceptors (Lipinski definition) is 2. The third-order valence-corrected chi connectivity index (χ3v) is 3.81. The summed E-state index contributed by atoms with van der Waals surface area (Å²) in [6.45, 7) is 2.19. The Bertz CT molecular complexity index is 550. The van der Waals surface area contributed by atoms with Gasteiger partial charge in [0, 0.05) is 0 Å². The number of benzene rings is 2. The average Bonchev–Trinajstić information content (AvgIpc) is 2.46. The topological polar surface area (TPSA) is 29.5 Å². The Morgan fingerprint density at radius 1 is 0.947 bits per heavy atom. The van der Waals surface area contributed by atoms with Gasteiger partial charge in [0.15, 0.2) is 0 Å². The van der Waals surface area contributed by atoms with Crippen molar-refractivity contribution in [3.05, 3.63) is 65.7 Å². The fourth-order valence-corrected chi connectivity index (χ4v) is 2.82. The maximum Gasteiger partial charge on any atom is 0.129 e. The molecule has 1 N–H and O–H groups in total. The van der Waals surface area contributed by atoms with Crippen molar-refractivity contribution < 1.29 is 9.84 Å². The first-order chi connectivity index (χ1) is 9.25. The molecule has 2 aromatic carbocycles. The normalized spacial score (nSPS) is 25.7. The highest BCUT2D eigenvalue weighted by atomic mass is 16.5. The number of aliphatic hydroxyl groups excluding tert-OH is 1. The molecule has 3 unspecified atom stereocenters. The summed E-state index contributed by atoms with van der Waals surface area (Å²) in [6, 6.07) is 17.8. The summed E-state index contributed by atoms with van der Waals surface area (Å²) >= 11 is 0. The van der Waals surface area contributed by atoms with E-state index < -0.39 is 6.10 Å². The van der Waals surface area contributed by atoms with Gasteiger partial charge in [-0.25, -0.2) is 0 Å². The molecule has 3 rings (SSSR count). The van der Waals surface area contributed by atoms with Crippen molar-refractivity contribution in [3.8, 4) is 5.75 Å². The molecule has 0 bridgehead atoms. The minimum atomic E-state index is -0.549. The van der Waals surface area contributed by atoms with Crippen LogP contribution in [-0.2, 0) is 0 Å². The minimum Gasteiger partial charge on any atom is -0.487 e. The van der Waals surface area contributed by atoms with Gasteiger partial charge >= 0.3 is 0 Å². The van der Waals surface area contributed by atoms with Crippen LogP contribution in [0, 0.1) is 0 Å². The molecule has 19 heavy (non-hydrogen) atoms. The second-order valence-corrected chi connectivity index (χ2v) is 5.18. The van der Waals surface area contributed by atoms with Crippen LogP contribution in [0.4, 0.5) is 0 Å². The fraction of sp³-hybridized carbons (Fsp3) is 0.294. The molecule has 0 heterocycles. The Morgan fingerprint density at radius 3 is 2.32 bits per heavy atom. The van der Waals surface area contributed by atoms with Crippen LogP contribution in [-0.4, -0.2) is 11.2 Å². The summed E-state index contributed by atoms with van der Waals surface area (Å²) in [5.41, 5.74) is 2.24. The quantitative estimate of drug-likeness (QED) is 0.886. The first-order valence-electron chi connectivity index (χ1n) is 6.74. The lowest BCUT2D eigenvalue weighted by atomic mass is 9.80. The van der Waals surface area contributed by atoms with E-state index in [1.54, 1.807) is 0 Å². The minimum absolute atomic E-state index is 0.174. The van der Waals surface area contributed by atoms with Gasteiger partial charge in [-0.15, -0.1) is 0 Å². The first-order valence-corrected chi connectivity index (χ1v) is 6.74. The van der Waals surface area contributed by atoms with Gasteiger partial charge in [0.05, 0.1) is 0 Å². The molecule has 1 aliphatic carbocycles. The standard InChI is InChI=1S/C17H18O2/c1-12-11-16(19-13-7-3-2-4-8-13)17(18)15-10-6-5-9-14(12)15/h2-10,12,16-18H,11H2,1H3. The smallest absolute Gasteiger partial charge is 0.129 e. The highest BCUT2D eigenvalue weighted by Crippen LogP contribution is 2.38. The molecule has 0 amide bonds. The van der Waals surface area contributed by atoms with Crippen molar-refractivity contribution in [1.82, 2.24) is 0 Å². The van der Waals surface area contributed by atoms with E-state index in [0.29, 0.717) is 5.92 Å². The van der Waals surface area contributed by atoms with Crippen LogP contribution in [0.3, 0.4) is 0 Å². The predicted octanol–water partition coefficient (Wildman–Crippen LogP) is 3.67. The zero-order valence-corrected chi connectivity index (χ0v) is 11.0. The van der Waals surface area contributed by atoms with Crippen LogP contribution in [0.2, 0.25) is 0 Å². The summed E-state index contributed by atoms with van der Waals surface area (Å²) in [7, 11) is 0.